The third kappa shape index (κ3) is 11.0. The molecule has 2 rings (SSSR count). The summed E-state index contributed by atoms with van der Waals surface area (Å²) in [5.41, 5.74) is 3.04. The molecular weight excluding hydrogens is 598 g/mol. The summed E-state index contributed by atoms with van der Waals surface area (Å²) >= 11 is 22.9. The fourth-order valence-corrected chi connectivity index (χ4v) is 2.98. The van der Waals surface area contributed by atoms with Crippen molar-refractivity contribution < 1.29 is 41.7 Å². The fraction of sp³-hybridized carbons (Fsp3) is 0.263. The molecule has 13 heteroatoms. The Labute approximate surface area is 238 Å². The molecule has 0 fully saturated rings. The summed E-state index contributed by atoms with van der Waals surface area (Å²) in [6, 6.07) is 8.82. The molecule has 0 atom stereocenters. The molecule has 32 heavy (non-hydrogen) atoms. The Morgan fingerprint density at radius 1 is 1.16 bits per heavy atom. The average molecular weight is 620 g/mol. The summed E-state index contributed by atoms with van der Waals surface area (Å²) in [5, 5.41) is 30.3. The quantitative estimate of drug-likeness (QED) is 0.0855. The Morgan fingerprint density at radius 3 is 1.97 bits per heavy atom. The summed E-state index contributed by atoms with van der Waals surface area (Å²) in [6.45, 7) is 5.15. The molecule has 0 aliphatic carbocycles. The van der Waals surface area contributed by atoms with Crippen LogP contribution in [0.4, 0.5) is 0 Å². The van der Waals surface area contributed by atoms with E-state index in [1.807, 2.05) is 19.9 Å². The SMILES string of the molecule is Cc1nn(C)c(/C(O)=C(\C#N)c2ccc(Cl)cc2)c1C.S=C(S)NCCNC(=S)S.[Mn+2].[Zn+2]. The van der Waals surface area contributed by atoms with E-state index in [2.05, 4.69) is 65.4 Å². The molecule has 0 saturated carbocycles. The number of rotatable bonds is 5. The van der Waals surface area contributed by atoms with Gasteiger partial charge in [0, 0.05) is 30.7 Å². The minimum atomic E-state index is -0.0737. The van der Waals surface area contributed by atoms with Gasteiger partial charge in [-0.1, -0.05) is 48.2 Å². The molecule has 2 aromatic rings. The molecule has 0 unspecified atom stereocenters. The van der Waals surface area contributed by atoms with Crippen LogP contribution in [-0.4, -0.2) is 36.6 Å². The number of nitrogens with one attached hydrogen (secondary N) is 2. The third-order valence-corrected chi connectivity index (χ3v) is 4.76. The predicted molar refractivity (Wildman–Crippen MR) is 138 cm³/mol. The van der Waals surface area contributed by atoms with Crippen LogP contribution in [0, 0.1) is 25.2 Å². The Hall–Kier alpha value is -0.627. The first kappa shape index (κ1) is 33.5. The first-order chi connectivity index (χ1) is 14.1. The van der Waals surface area contributed by atoms with Gasteiger partial charge in [0.25, 0.3) is 0 Å². The molecule has 0 aliphatic rings. The number of aliphatic hydroxyl groups excluding tert-OH is 1. The number of aliphatic hydroxyl groups is 1. The van der Waals surface area contributed by atoms with Gasteiger partial charge < -0.3 is 15.7 Å². The third-order valence-electron chi connectivity index (χ3n) is 3.90. The molecule has 0 spiro atoms. The number of aromatic nitrogens is 2. The van der Waals surface area contributed by atoms with E-state index in [0.29, 0.717) is 38.0 Å². The number of nitrogens with zero attached hydrogens (tertiary/aromatic N) is 3. The van der Waals surface area contributed by atoms with Gasteiger partial charge in [-0.15, -0.1) is 25.3 Å². The molecule has 1 aromatic carbocycles. The van der Waals surface area contributed by atoms with Crippen LogP contribution in [0.5, 0.6) is 0 Å². The van der Waals surface area contributed by atoms with E-state index in [1.165, 1.54) is 0 Å². The second-order valence-electron chi connectivity index (χ2n) is 5.99. The molecule has 6 nitrogen and oxygen atoms in total. The number of nitriles is 1. The van der Waals surface area contributed by atoms with Crippen molar-refractivity contribution >= 4 is 81.3 Å². The van der Waals surface area contributed by atoms with Crippen molar-refractivity contribution in [2.45, 2.75) is 13.8 Å². The van der Waals surface area contributed by atoms with Crippen LogP contribution < -0.4 is 10.6 Å². The van der Waals surface area contributed by atoms with E-state index in [9.17, 15) is 10.4 Å². The smallest absolute Gasteiger partial charge is 0.504 e. The zero-order chi connectivity index (χ0) is 22.8. The first-order valence-corrected chi connectivity index (χ1v) is 10.7. The Kier molecular flexibility index (Phi) is 17.7. The molecule has 0 aliphatic heterocycles. The molecule has 165 valence electrons. The summed E-state index contributed by atoms with van der Waals surface area (Å²) in [4.78, 5) is 0. The zero-order valence-corrected chi connectivity index (χ0v) is 26.0. The monoisotopic (exact) mass is 618 g/mol. The van der Waals surface area contributed by atoms with Gasteiger partial charge in [0.05, 0.1) is 5.69 Å². The van der Waals surface area contributed by atoms with Crippen molar-refractivity contribution in [1.29, 1.82) is 5.26 Å². The van der Waals surface area contributed by atoms with Crippen LogP contribution in [0.15, 0.2) is 24.3 Å². The van der Waals surface area contributed by atoms with Crippen LogP contribution in [-0.2, 0) is 43.6 Å². The van der Waals surface area contributed by atoms with E-state index in [-0.39, 0.29) is 47.9 Å². The van der Waals surface area contributed by atoms with Crippen molar-refractivity contribution in [1.82, 2.24) is 20.4 Å². The number of benzene rings is 1. The van der Waals surface area contributed by atoms with Crippen molar-refractivity contribution in [2.24, 2.45) is 7.05 Å². The molecule has 1 aromatic heterocycles. The van der Waals surface area contributed by atoms with Gasteiger partial charge in [-0.3, -0.25) is 4.68 Å². The summed E-state index contributed by atoms with van der Waals surface area (Å²) in [6.07, 6.45) is 0. The van der Waals surface area contributed by atoms with Crippen molar-refractivity contribution in [3.8, 4) is 6.07 Å². The Morgan fingerprint density at radius 2 is 1.62 bits per heavy atom. The van der Waals surface area contributed by atoms with Gasteiger partial charge in [-0.2, -0.15) is 10.4 Å². The summed E-state index contributed by atoms with van der Waals surface area (Å²) in [7, 11) is 1.74. The van der Waals surface area contributed by atoms with E-state index in [0.717, 1.165) is 11.3 Å². The van der Waals surface area contributed by atoms with Gasteiger partial charge >= 0.3 is 36.5 Å². The fourth-order valence-electron chi connectivity index (χ4n) is 2.42. The minimum absolute atomic E-state index is 0. The molecule has 1 heterocycles. The van der Waals surface area contributed by atoms with Crippen LogP contribution in [0.25, 0.3) is 11.3 Å². The number of hydrogen-bond donors (Lipinski definition) is 5. The van der Waals surface area contributed by atoms with E-state index >= 15 is 0 Å². The number of thiocarbonyl (C=S) groups is 2. The Bertz CT molecular complexity index is 977. The second-order valence-corrected chi connectivity index (χ2v) is 8.74. The van der Waals surface area contributed by atoms with Gasteiger partial charge in [0.1, 0.15) is 26.0 Å². The predicted octanol–water partition coefficient (Wildman–Crippen LogP) is 4.23. The molecule has 0 saturated heterocycles. The standard InChI is InChI=1S/C15H14ClN3O.C4H8N2S4.Mn.Zn/c1-9-10(2)18-19(3)14(9)15(20)13(8-17)11-4-6-12(16)7-5-11;7-3(8)5-1-2-6-4(9)10;;/h4-7,20H,1-3H3;1-2H2,(H2,5,7,8)(H2,6,9,10);;/q;;2*+2/b15-13-;;;. The number of aryl methyl sites for hydroxylation is 2. The molecular formula is C19H22ClMnN5OS4Zn+4. The molecule has 1 radical (unpaired) electrons. The van der Waals surface area contributed by atoms with Gasteiger partial charge in [0.2, 0.25) is 0 Å². The number of allylic oxidation sites excluding steroid dienone is 1. The van der Waals surface area contributed by atoms with Crippen molar-refractivity contribution in [3.63, 3.8) is 0 Å². The minimum Gasteiger partial charge on any atom is -0.504 e. The zero-order valence-electron chi connectivity index (χ0n) is 17.7. The van der Waals surface area contributed by atoms with E-state index in [4.69, 9.17) is 11.6 Å². The van der Waals surface area contributed by atoms with Crippen molar-refractivity contribution in [2.75, 3.05) is 13.1 Å². The van der Waals surface area contributed by atoms with Crippen LogP contribution >= 0.6 is 61.3 Å². The molecule has 3 N–H and O–H groups in total. The Balaban J connectivity index is 0. The molecule has 0 amide bonds. The number of hydrogen-bond acceptors (Lipinski definition) is 5. The number of halogens is 1. The van der Waals surface area contributed by atoms with Crippen molar-refractivity contribution in [3.05, 3.63) is 51.8 Å². The largest absolute Gasteiger partial charge is 2.00 e. The normalized spacial score (nSPS) is 10.2. The maximum absolute atomic E-state index is 10.4. The van der Waals surface area contributed by atoms with Gasteiger partial charge in [0.15, 0.2) is 5.76 Å². The topological polar surface area (TPSA) is 85.9 Å². The summed E-state index contributed by atoms with van der Waals surface area (Å²) in [5.74, 6) is -0.0737. The van der Waals surface area contributed by atoms with E-state index in [1.54, 1.807) is 36.0 Å². The van der Waals surface area contributed by atoms with Crippen LogP contribution in [0.1, 0.15) is 22.5 Å². The maximum atomic E-state index is 10.4. The van der Waals surface area contributed by atoms with Crippen LogP contribution in [0.3, 0.4) is 0 Å². The van der Waals surface area contributed by atoms with Gasteiger partial charge in [-0.05, 0) is 31.5 Å². The number of thiol groups is 2. The molecule has 0 bridgehead atoms. The second kappa shape index (κ2) is 16.9. The summed E-state index contributed by atoms with van der Waals surface area (Å²) < 4.78 is 2.56. The average Bonchev–Trinajstić information content (AvgIpc) is 2.93. The van der Waals surface area contributed by atoms with Gasteiger partial charge in [-0.25, -0.2) is 0 Å². The first-order valence-electron chi connectivity index (χ1n) is 8.61. The van der Waals surface area contributed by atoms with Crippen LogP contribution in [0.2, 0.25) is 5.02 Å². The van der Waals surface area contributed by atoms with E-state index < -0.39 is 0 Å². The maximum Gasteiger partial charge on any atom is 2.00 e.